The first-order chi connectivity index (χ1) is 8.79. The van der Waals surface area contributed by atoms with E-state index in [1.807, 2.05) is 0 Å². The van der Waals surface area contributed by atoms with Gasteiger partial charge in [-0.2, -0.15) is 13.2 Å². The Morgan fingerprint density at radius 2 is 1.84 bits per heavy atom. The summed E-state index contributed by atoms with van der Waals surface area (Å²) in [5, 5.41) is 17.3. The van der Waals surface area contributed by atoms with Crippen LogP contribution in [-0.4, -0.2) is 15.3 Å². The highest BCUT2D eigenvalue weighted by atomic mass is 35.5. The van der Waals surface area contributed by atoms with Crippen LogP contribution in [0.3, 0.4) is 0 Å². The summed E-state index contributed by atoms with van der Waals surface area (Å²) < 4.78 is 37.4. The molecule has 0 bridgehead atoms. The number of phenolic OH excluding ortho intramolecular Hbond substituents is 1. The maximum absolute atomic E-state index is 12.5. The molecule has 0 aliphatic carbocycles. The molecule has 1 heterocycles. The number of nitrogens with zero attached hydrogens (tertiary/aromatic N) is 2. The van der Waals surface area contributed by atoms with Crippen LogP contribution in [0.2, 0.25) is 5.15 Å². The number of rotatable bonds is 1. The lowest BCUT2D eigenvalue weighted by molar-refractivity contribution is -0.137. The molecule has 2 rings (SSSR count). The molecule has 3 nitrogen and oxygen atoms in total. The standard InChI is InChI=1S/C12H8ClF3N2O/c1-6-4-10(13)17-18-11(6)8-3-2-7(5-9(8)19)12(14,15)16/h2-5,19H,1H3. The van der Waals surface area contributed by atoms with Gasteiger partial charge in [0, 0.05) is 5.56 Å². The predicted molar refractivity (Wildman–Crippen MR) is 63.9 cm³/mol. The molecule has 100 valence electrons. The zero-order valence-electron chi connectivity index (χ0n) is 9.66. The third kappa shape index (κ3) is 2.78. The zero-order chi connectivity index (χ0) is 14.2. The van der Waals surface area contributed by atoms with Crippen LogP contribution in [-0.2, 0) is 6.18 Å². The monoisotopic (exact) mass is 288 g/mol. The minimum atomic E-state index is -4.50. The van der Waals surface area contributed by atoms with E-state index in [0.717, 1.165) is 12.1 Å². The van der Waals surface area contributed by atoms with Gasteiger partial charge in [0.15, 0.2) is 5.15 Å². The minimum absolute atomic E-state index is 0.174. The highest BCUT2D eigenvalue weighted by Crippen LogP contribution is 2.36. The van der Waals surface area contributed by atoms with E-state index in [1.54, 1.807) is 6.92 Å². The smallest absolute Gasteiger partial charge is 0.416 e. The minimum Gasteiger partial charge on any atom is -0.507 e. The molecule has 1 aromatic carbocycles. The molecule has 1 aromatic heterocycles. The van der Waals surface area contributed by atoms with Crippen LogP contribution in [0.1, 0.15) is 11.1 Å². The van der Waals surface area contributed by atoms with Crippen LogP contribution in [0.4, 0.5) is 13.2 Å². The van der Waals surface area contributed by atoms with Crippen LogP contribution in [0.15, 0.2) is 24.3 Å². The Balaban J connectivity index is 2.52. The quantitative estimate of drug-likeness (QED) is 0.867. The fourth-order valence-corrected chi connectivity index (χ4v) is 1.83. The second-order valence-electron chi connectivity index (χ2n) is 3.93. The molecule has 0 unspecified atom stereocenters. The van der Waals surface area contributed by atoms with Gasteiger partial charge in [-0.15, -0.1) is 10.2 Å². The summed E-state index contributed by atoms with van der Waals surface area (Å²) in [5.74, 6) is -0.505. The van der Waals surface area contributed by atoms with Crippen molar-refractivity contribution in [1.82, 2.24) is 10.2 Å². The maximum atomic E-state index is 12.5. The van der Waals surface area contributed by atoms with Gasteiger partial charge in [0.05, 0.1) is 11.3 Å². The number of hydrogen-bond acceptors (Lipinski definition) is 3. The van der Waals surface area contributed by atoms with E-state index in [2.05, 4.69) is 10.2 Å². The van der Waals surface area contributed by atoms with Crippen molar-refractivity contribution in [3.63, 3.8) is 0 Å². The van der Waals surface area contributed by atoms with E-state index in [4.69, 9.17) is 11.6 Å². The highest BCUT2D eigenvalue weighted by molar-refractivity contribution is 6.29. The van der Waals surface area contributed by atoms with Crippen molar-refractivity contribution in [1.29, 1.82) is 0 Å². The second kappa shape index (κ2) is 4.70. The van der Waals surface area contributed by atoms with Crippen LogP contribution >= 0.6 is 11.6 Å². The molecule has 0 saturated heterocycles. The SMILES string of the molecule is Cc1cc(Cl)nnc1-c1ccc(C(F)(F)F)cc1O. The Kier molecular flexibility index (Phi) is 3.36. The summed E-state index contributed by atoms with van der Waals surface area (Å²) >= 11 is 5.64. The molecule has 0 atom stereocenters. The van der Waals surface area contributed by atoms with E-state index in [0.29, 0.717) is 11.6 Å². The predicted octanol–water partition coefficient (Wildman–Crippen LogP) is 3.83. The molecule has 0 aliphatic heterocycles. The van der Waals surface area contributed by atoms with Gasteiger partial charge in [0.25, 0.3) is 0 Å². The highest BCUT2D eigenvalue weighted by Gasteiger charge is 2.31. The lowest BCUT2D eigenvalue weighted by atomic mass is 10.0. The van der Waals surface area contributed by atoms with Crippen molar-refractivity contribution in [2.24, 2.45) is 0 Å². The molecule has 0 amide bonds. The summed E-state index contributed by atoms with van der Waals surface area (Å²) in [6, 6.07) is 4.21. The first-order valence-electron chi connectivity index (χ1n) is 5.19. The van der Waals surface area contributed by atoms with Gasteiger partial charge < -0.3 is 5.11 Å². The Hall–Kier alpha value is -1.82. The summed E-state index contributed by atoms with van der Waals surface area (Å²) in [6.07, 6.45) is -4.50. The Morgan fingerprint density at radius 1 is 1.16 bits per heavy atom. The van der Waals surface area contributed by atoms with Crippen molar-refractivity contribution >= 4 is 11.6 Å². The van der Waals surface area contributed by atoms with E-state index in [9.17, 15) is 18.3 Å². The summed E-state index contributed by atoms with van der Waals surface area (Å²) in [7, 11) is 0. The van der Waals surface area contributed by atoms with Crippen LogP contribution < -0.4 is 0 Å². The maximum Gasteiger partial charge on any atom is 0.416 e. The van der Waals surface area contributed by atoms with Gasteiger partial charge >= 0.3 is 6.18 Å². The Labute approximate surface area is 111 Å². The van der Waals surface area contributed by atoms with Crippen molar-refractivity contribution in [2.75, 3.05) is 0 Å². The largest absolute Gasteiger partial charge is 0.507 e. The van der Waals surface area contributed by atoms with Crippen LogP contribution in [0, 0.1) is 6.92 Å². The van der Waals surface area contributed by atoms with Gasteiger partial charge in [0.1, 0.15) is 5.75 Å². The molecular formula is C12H8ClF3N2O. The third-order valence-electron chi connectivity index (χ3n) is 2.53. The van der Waals surface area contributed by atoms with Gasteiger partial charge in [0.2, 0.25) is 0 Å². The molecule has 0 aliphatic rings. The second-order valence-corrected chi connectivity index (χ2v) is 4.32. The normalized spacial score (nSPS) is 11.6. The molecule has 0 fully saturated rings. The van der Waals surface area contributed by atoms with Crippen molar-refractivity contribution in [3.05, 3.63) is 40.5 Å². The number of aromatic nitrogens is 2. The number of benzene rings is 1. The van der Waals surface area contributed by atoms with Gasteiger partial charge in [-0.25, -0.2) is 0 Å². The molecular weight excluding hydrogens is 281 g/mol. The van der Waals surface area contributed by atoms with Crippen LogP contribution in [0.25, 0.3) is 11.3 Å². The molecule has 2 aromatic rings. The Morgan fingerprint density at radius 3 is 2.37 bits per heavy atom. The Bertz CT molecular complexity index is 629. The number of phenols is 1. The van der Waals surface area contributed by atoms with E-state index >= 15 is 0 Å². The number of alkyl halides is 3. The first-order valence-corrected chi connectivity index (χ1v) is 5.57. The summed E-state index contributed by atoms with van der Waals surface area (Å²) in [5.41, 5.74) is 0.147. The van der Waals surface area contributed by atoms with Crippen molar-refractivity contribution in [3.8, 4) is 17.0 Å². The number of halogens is 4. The van der Waals surface area contributed by atoms with Crippen molar-refractivity contribution in [2.45, 2.75) is 13.1 Å². The molecule has 0 saturated carbocycles. The van der Waals surface area contributed by atoms with E-state index < -0.39 is 17.5 Å². The van der Waals surface area contributed by atoms with Gasteiger partial charge in [-0.3, -0.25) is 0 Å². The zero-order valence-corrected chi connectivity index (χ0v) is 10.4. The van der Waals surface area contributed by atoms with Gasteiger partial charge in [-0.05, 0) is 36.8 Å². The fourth-order valence-electron chi connectivity index (χ4n) is 1.63. The number of aryl methyl sites for hydroxylation is 1. The van der Waals surface area contributed by atoms with E-state index in [1.165, 1.54) is 6.07 Å². The summed E-state index contributed by atoms with van der Waals surface area (Å²) in [4.78, 5) is 0. The summed E-state index contributed by atoms with van der Waals surface area (Å²) in [6.45, 7) is 1.67. The molecule has 0 radical (unpaired) electrons. The van der Waals surface area contributed by atoms with Gasteiger partial charge in [-0.1, -0.05) is 11.6 Å². The lowest BCUT2D eigenvalue weighted by Gasteiger charge is -2.10. The fraction of sp³-hybridized carbons (Fsp3) is 0.167. The first kappa shape index (κ1) is 13.6. The molecule has 1 N–H and O–H groups in total. The molecule has 7 heteroatoms. The van der Waals surface area contributed by atoms with Crippen LogP contribution in [0.5, 0.6) is 5.75 Å². The van der Waals surface area contributed by atoms with Crippen molar-refractivity contribution < 1.29 is 18.3 Å². The van der Waals surface area contributed by atoms with E-state index in [-0.39, 0.29) is 16.4 Å². The number of hydrogen-bond donors (Lipinski definition) is 1. The third-order valence-corrected chi connectivity index (χ3v) is 2.72. The molecule has 0 spiro atoms. The topological polar surface area (TPSA) is 46.0 Å². The average Bonchev–Trinajstić information content (AvgIpc) is 2.28. The molecule has 19 heavy (non-hydrogen) atoms. The lowest BCUT2D eigenvalue weighted by Crippen LogP contribution is -2.04. The average molecular weight is 289 g/mol. The number of aromatic hydroxyl groups is 1.